The predicted molar refractivity (Wildman–Crippen MR) is 120 cm³/mol. The maximum absolute atomic E-state index is 12.7. The van der Waals surface area contributed by atoms with Gasteiger partial charge in [0.15, 0.2) is 5.17 Å². The Morgan fingerprint density at radius 3 is 2.24 bits per heavy atom. The summed E-state index contributed by atoms with van der Waals surface area (Å²) in [6.45, 7) is 4.01. The highest BCUT2D eigenvalue weighted by Gasteiger charge is 2.34. The lowest BCUT2D eigenvalue weighted by Crippen LogP contribution is -2.29. The molecule has 2 aromatic carbocycles. The minimum Gasteiger partial charge on any atom is -0.378 e. The van der Waals surface area contributed by atoms with Crippen molar-refractivity contribution in [2.24, 2.45) is 4.40 Å². The van der Waals surface area contributed by atoms with Crippen LogP contribution in [0.15, 0.2) is 62.7 Å². The van der Waals surface area contributed by atoms with E-state index >= 15 is 0 Å². The Bertz CT molecular complexity index is 1070. The summed E-state index contributed by atoms with van der Waals surface area (Å²) in [4.78, 5) is 16.7. The second-order valence-corrected chi connectivity index (χ2v) is 9.42. The molecule has 1 heterocycles. The van der Waals surface area contributed by atoms with Crippen molar-refractivity contribution in [2.45, 2.75) is 18.7 Å². The molecule has 0 saturated carbocycles. The largest absolute Gasteiger partial charge is 0.378 e. The van der Waals surface area contributed by atoms with Gasteiger partial charge in [0.25, 0.3) is 15.9 Å². The molecule has 0 aromatic heterocycles. The molecular weight excluding hydrogens is 406 g/mol. The van der Waals surface area contributed by atoms with E-state index in [0.717, 1.165) is 28.6 Å². The lowest BCUT2D eigenvalue weighted by molar-refractivity contribution is -0.122. The number of aryl methyl sites for hydroxylation is 1. The number of carbonyl (C=O) groups excluding carboxylic acids is 1. The molecule has 152 valence electrons. The molecule has 2 aromatic rings. The molecule has 0 N–H and O–H groups in total. The smallest absolute Gasteiger partial charge is 0.284 e. The topological polar surface area (TPSA) is 70.1 Å². The van der Waals surface area contributed by atoms with E-state index in [0.29, 0.717) is 11.4 Å². The molecule has 0 bridgehead atoms. The van der Waals surface area contributed by atoms with Crippen LogP contribution >= 0.6 is 11.8 Å². The van der Waals surface area contributed by atoms with Crippen LogP contribution in [0, 0.1) is 6.92 Å². The number of likely N-dealkylation sites (N-methyl/N-ethyl adjacent to an activating group) is 1. The van der Waals surface area contributed by atoms with Gasteiger partial charge < -0.3 is 4.90 Å². The Balaban J connectivity index is 1.92. The quantitative estimate of drug-likeness (QED) is 0.677. The Morgan fingerprint density at radius 2 is 1.69 bits per heavy atom. The number of rotatable bonds is 5. The first-order valence-electron chi connectivity index (χ1n) is 9.11. The number of thioether (sulfide) groups is 1. The van der Waals surface area contributed by atoms with Crippen LogP contribution in [0.4, 0.5) is 5.69 Å². The molecular formula is C21H23N3O3S2. The van der Waals surface area contributed by atoms with Crippen LogP contribution in [0.1, 0.15) is 18.1 Å². The maximum Gasteiger partial charge on any atom is 0.284 e. The van der Waals surface area contributed by atoms with Crippen molar-refractivity contribution in [1.82, 2.24) is 4.90 Å². The van der Waals surface area contributed by atoms with Gasteiger partial charge in [0, 0.05) is 26.3 Å². The fraction of sp³-hybridized carbons (Fsp3) is 0.238. The average Bonchev–Trinajstić information content (AvgIpc) is 2.96. The minimum atomic E-state index is -3.90. The third kappa shape index (κ3) is 4.71. The summed E-state index contributed by atoms with van der Waals surface area (Å²) >= 11 is 1.08. The highest BCUT2D eigenvalue weighted by atomic mass is 32.2. The number of anilines is 1. The van der Waals surface area contributed by atoms with Crippen LogP contribution in [0.3, 0.4) is 0 Å². The van der Waals surface area contributed by atoms with Gasteiger partial charge in [0.05, 0.1) is 9.80 Å². The summed E-state index contributed by atoms with van der Waals surface area (Å²) in [6, 6.07) is 14.3. The fourth-order valence-corrected chi connectivity index (χ4v) is 4.99. The first kappa shape index (κ1) is 21.1. The number of amidine groups is 1. The van der Waals surface area contributed by atoms with E-state index in [1.54, 1.807) is 25.1 Å². The van der Waals surface area contributed by atoms with Gasteiger partial charge >= 0.3 is 0 Å². The third-order valence-corrected chi connectivity index (χ3v) is 6.83. The molecule has 1 aliphatic rings. The van der Waals surface area contributed by atoms with Gasteiger partial charge in [-0.05, 0) is 61.5 Å². The second-order valence-electron chi connectivity index (χ2n) is 6.81. The number of carbonyl (C=O) groups is 1. The molecule has 0 aliphatic carbocycles. The first-order chi connectivity index (χ1) is 13.7. The number of hydrogen-bond acceptors (Lipinski definition) is 5. The van der Waals surface area contributed by atoms with Gasteiger partial charge in [-0.1, -0.05) is 29.8 Å². The number of hydrogen-bond donors (Lipinski definition) is 0. The molecule has 0 unspecified atom stereocenters. The minimum absolute atomic E-state index is 0.108. The van der Waals surface area contributed by atoms with E-state index in [4.69, 9.17) is 0 Å². The first-order valence-corrected chi connectivity index (χ1v) is 11.4. The highest BCUT2D eigenvalue weighted by molar-refractivity contribution is 8.19. The van der Waals surface area contributed by atoms with Crippen molar-refractivity contribution in [1.29, 1.82) is 0 Å². The predicted octanol–water partition coefficient (Wildman–Crippen LogP) is 3.74. The normalized spacial score (nSPS) is 17.4. The lowest BCUT2D eigenvalue weighted by Gasteiger charge is -2.12. The zero-order chi connectivity index (χ0) is 21.2. The summed E-state index contributed by atoms with van der Waals surface area (Å²) in [5, 5.41) is 0.175. The van der Waals surface area contributed by atoms with E-state index in [1.165, 1.54) is 17.0 Å². The van der Waals surface area contributed by atoms with Gasteiger partial charge in [-0.2, -0.15) is 8.42 Å². The van der Waals surface area contributed by atoms with Crippen molar-refractivity contribution in [3.63, 3.8) is 0 Å². The molecule has 1 fully saturated rings. The number of benzene rings is 2. The van der Waals surface area contributed by atoms with Crippen LogP contribution in [-0.2, 0) is 14.8 Å². The lowest BCUT2D eigenvalue weighted by atomic mass is 10.2. The number of amides is 1. The Morgan fingerprint density at radius 1 is 1.07 bits per heavy atom. The van der Waals surface area contributed by atoms with Crippen LogP contribution < -0.4 is 4.90 Å². The summed E-state index contributed by atoms with van der Waals surface area (Å²) in [6.07, 6.45) is 1.76. The Hall–Kier alpha value is -2.58. The fourth-order valence-electron chi connectivity index (χ4n) is 2.74. The third-order valence-electron chi connectivity index (χ3n) is 4.43. The van der Waals surface area contributed by atoms with Crippen molar-refractivity contribution in [2.75, 3.05) is 25.5 Å². The van der Waals surface area contributed by atoms with Gasteiger partial charge in [-0.25, -0.2) is 0 Å². The van der Waals surface area contributed by atoms with Gasteiger partial charge in [-0.3, -0.25) is 9.69 Å². The summed E-state index contributed by atoms with van der Waals surface area (Å²) in [5.74, 6) is -0.243. The molecule has 8 heteroatoms. The molecule has 0 atom stereocenters. The zero-order valence-electron chi connectivity index (χ0n) is 16.8. The van der Waals surface area contributed by atoms with Gasteiger partial charge in [-0.15, -0.1) is 4.40 Å². The molecule has 0 radical (unpaired) electrons. The SMILES string of the molecule is CCN1C(=O)C(=Cc2ccc(N(C)C)cc2)SC1=NS(=O)(=O)c1ccc(C)cc1. The zero-order valence-corrected chi connectivity index (χ0v) is 18.4. The molecule has 1 aliphatic heterocycles. The van der Waals surface area contributed by atoms with Crippen molar-refractivity contribution < 1.29 is 13.2 Å². The van der Waals surface area contributed by atoms with Gasteiger partial charge in [0.1, 0.15) is 0 Å². The Kier molecular flexibility index (Phi) is 6.14. The van der Waals surface area contributed by atoms with Gasteiger partial charge in [0.2, 0.25) is 0 Å². The summed E-state index contributed by atoms with van der Waals surface area (Å²) in [7, 11) is 0.0192. The monoisotopic (exact) mass is 429 g/mol. The van der Waals surface area contributed by atoms with Crippen LogP contribution in [-0.4, -0.2) is 45.0 Å². The summed E-state index contributed by atoms with van der Waals surface area (Å²) < 4.78 is 29.3. The standard InChI is InChI=1S/C21H23N3O3S2/c1-5-24-20(25)19(14-16-8-10-17(11-9-16)23(3)4)28-21(24)22-29(26,27)18-12-6-15(2)7-13-18/h6-14H,5H2,1-4H3. The highest BCUT2D eigenvalue weighted by Crippen LogP contribution is 2.33. The molecule has 1 amide bonds. The van der Waals surface area contributed by atoms with Crippen LogP contribution in [0.25, 0.3) is 6.08 Å². The van der Waals surface area contributed by atoms with Crippen molar-refractivity contribution in [3.05, 3.63) is 64.6 Å². The molecule has 3 rings (SSSR count). The van der Waals surface area contributed by atoms with Crippen LogP contribution in [0.5, 0.6) is 0 Å². The van der Waals surface area contributed by atoms with Crippen molar-refractivity contribution >= 4 is 44.6 Å². The molecule has 0 spiro atoms. The number of nitrogens with zero attached hydrogens (tertiary/aromatic N) is 3. The second kappa shape index (κ2) is 8.42. The van der Waals surface area contributed by atoms with E-state index in [1.807, 2.05) is 50.2 Å². The number of sulfonamides is 1. The Labute approximate surface area is 176 Å². The molecule has 29 heavy (non-hydrogen) atoms. The molecule has 6 nitrogen and oxygen atoms in total. The van der Waals surface area contributed by atoms with E-state index in [-0.39, 0.29) is 16.0 Å². The summed E-state index contributed by atoms with van der Waals surface area (Å²) in [5.41, 5.74) is 2.88. The van der Waals surface area contributed by atoms with Crippen molar-refractivity contribution in [3.8, 4) is 0 Å². The van der Waals surface area contributed by atoms with E-state index in [2.05, 4.69) is 4.40 Å². The van der Waals surface area contributed by atoms with E-state index < -0.39 is 10.0 Å². The average molecular weight is 430 g/mol. The maximum atomic E-state index is 12.7. The molecule has 1 saturated heterocycles. The van der Waals surface area contributed by atoms with E-state index in [9.17, 15) is 13.2 Å². The van der Waals surface area contributed by atoms with Crippen LogP contribution in [0.2, 0.25) is 0 Å².